The van der Waals surface area contributed by atoms with E-state index < -0.39 is 10.0 Å². The number of aryl methyl sites for hydroxylation is 1. The number of rotatable bonds is 4. The zero-order valence-corrected chi connectivity index (χ0v) is 15.2. The topological polar surface area (TPSA) is 68.5 Å². The first-order valence-corrected chi connectivity index (χ1v) is 9.86. The number of benzene rings is 2. The Morgan fingerprint density at radius 1 is 1.04 bits per heavy atom. The number of sulfonamides is 1. The molecule has 0 aliphatic heterocycles. The van der Waals surface area contributed by atoms with Crippen molar-refractivity contribution in [3.8, 4) is 5.75 Å². The molecule has 7 heteroatoms. The van der Waals surface area contributed by atoms with E-state index in [2.05, 4.69) is 4.72 Å². The fourth-order valence-corrected chi connectivity index (χ4v) is 5.10. The predicted molar refractivity (Wildman–Crippen MR) is 100 cm³/mol. The van der Waals surface area contributed by atoms with Crippen LogP contribution in [0.1, 0.15) is 4.88 Å². The van der Waals surface area contributed by atoms with Gasteiger partial charge in [-0.2, -0.15) is 0 Å². The molecule has 25 heavy (non-hydrogen) atoms. The molecular weight excluding hydrogens is 358 g/mol. The monoisotopic (exact) mass is 373 g/mol. The highest BCUT2D eigenvalue weighted by Gasteiger charge is 2.20. The number of hydrogen-bond donors (Lipinski definition) is 1. The summed E-state index contributed by atoms with van der Waals surface area (Å²) in [7, 11) is -2.17. The molecule has 1 N–H and O–H groups in total. The molecule has 0 bridgehead atoms. The van der Waals surface area contributed by atoms with Gasteiger partial charge in [-0.25, -0.2) is 8.42 Å². The van der Waals surface area contributed by atoms with Crippen LogP contribution in [0.15, 0.2) is 57.2 Å². The standard InChI is InChI=1S/C18H15NO4S2/c1-11-7-8-18(24-11)25(20,21)19-14-10-16-13(9-17(14)22-2)12-5-3-4-6-15(12)23-16/h3-10,19H,1-2H3. The van der Waals surface area contributed by atoms with Crippen LogP contribution in [0.25, 0.3) is 21.9 Å². The van der Waals surface area contributed by atoms with Gasteiger partial charge in [0.2, 0.25) is 0 Å². The lowest BCUT2D eigenvalue weighted by atomic mass is 10.1. The van der Waals surface area contributed by atoms with Gasteiger partial charge in [0.25, 0.3) is 10.0 Å². The van der Waals surface area contributed by atoms with Crippen LogP contribution in [-0.2, 0) is 10.0 Å². The minimum absolute atomic E-state index is 0.261. The summed E-state index contributed by atoms with van der Waals surface area (Å²) in [5, 5.41) is 1.83. The molecule has 0 unspecified atom stereocenters. The van der Waals surface area contributed by atoms with Crippen LogP contribution in [0.2, 0.25) is 0 Å². The van der Waals surface area contributed by atoms with Gasteiger partial charge in [-0.3, -0.25) is 4.72 Å². The summed E-state index contributed by atoms with van der Waals surface area (Å²) in [6.07, 6.45) is 0. The molecule has 2 aromatic carbocycles. The zero-order valence-electron chi connectivity index (χ0n) is 13.6. The molecule has 4 aromatic rings. The first-order valence-electron chi connectivity index (χ1n) is 7.56. The normalized spacial score (nSPS) is 11.9. The minimum Gasteiger partial charge on any atom is -0.495 e. The molecule has 0 aliphatic rings. The second-order valence-electron chi connectivity index (χ2n) is 5.62. The average Bonchev–Trinajstić information content (AvgIpc) is 3.17. The second-order valence-corrected chi connectivity index (χ2v) is 8.81. The van der Waals surface area contributed by atoms with Crippen LogP contribution in [0.3, 0.4) is 0 Å². The van der Waals surface area contributed by atoms with Crippen LogP contribution in [0.5, 0.6) is 5.75 Å². The molecular formula is C18H15NO4S2. The van der Waals surface area contributed by atoms with E-state index >= 15 is 0 Å². The van der Waals surface area contributed by atoms with Crippen molar-refractivity contribution < 1.29 is 17.6 Å². The number of thiophene rings is 1. The summed E-state index contributed by atoms with van der Waals surface area (Å²) in [5.41, 5.74) is 1.69. The maximum Gasteiger partial charge on any atom is 0.271 e. The number of anilines is 1. The molecule has 2 aromatic heterocycles. The third-order valence-electron chi connectivity index (χ3n) is 3.92. The van der Waals surface area contributed by atoms with Crippen molar-refractivity contribution in [2.24, 2.45) is 0 Å². The molecule has 5 nitrogen and oxygen atoms in total. The number of para-hydroxylation sites is 1. The third-order valence-corrected chi connectivity index (χ3v) is 6.78. The largest absolute Gasteiger partial charge is 0.495 e. The van der Waals surface area contributed by atoms with Crippen LogP contribution >= 0.6 is 11.3 Å². The van der Waals surface area contributed by atoms with Gasteiger partial charge in [0.05, 0.1) is 12.8 Å². The molecule has 0 saturated heterocycles. The van der Waals surface area contributed by atoms with Gasteiger partial charge in [0.1, 0.15) is 21.1 Å². The number of methoxy groups -OCH3 is 1. The molecule has 0 spiro atoms. The molecule has 0 amide bonds. The summed E-state index contributed by atoms with van der Waals surface area (Å²) < 4.78 is 39.3. The molecule has 0 saturated carbocycles. The highest BCUT2D eigenvalue weighted by atomic mass is 32.2. The number of fused-ring (bicyclic) bond motifs is 3. The summed E-state index contributed by atoms with van der Waals surface area (Å²) in [6, 6.07) is 14.5. The van der Waals surface area contributed by atoms with Crippen molar-refractivity contribution in [2.75, 3.05) is 11.8 Å². The Morgan fingerprint density at radius 2 is 1.84 bits per heavy atom. The summed E-state index contributed by atoms with van der Waals surface area (Å²) in [6.45, 7) is 1.87. The molecule has 0 atom stereocenters. The van der Waals surface area contributed by atoms with Gasteiger partial charge in [-0.15, -0.1) is 11.3 Å². The molecule has 0 aliphatic carbocycles. The lowest BCUT2D eigenvalue weighted by molar-refractivity contribution is 0.417. The van der Waals surface area contributed by atoms with E-state index in [1.807, 2.05) is 31.2 Å². The van der Waals surface area contributed by atoms with Crippen LogP contribution in [0, 0.1) is 6.92 Å². The van der Waals surface area contributed by atoms with Crippen molar-refractivity contribution in [1.82, 2.24) is 0 Å². The Kier molecular flexibility index (Phi) is 3.70. The quantitative estimate of drug-likeness (QED) is 0.560. The van der Waals surface area contributed by atoms with E-state index in [0.717, 1.165) is 21.2 Å². The predicted octanol–water partition coefficient (Wildman–Crippen LogP) is 4.77. The van der Waals surface area contributed by atoms with Gasteiger partial charge < -0.3 is 9.15 Å². The molecule has 4 rings (SSSR count). The Balaban J connectivity index is 1.85. The SMILES string of the molecule is COc1cc2c(cc1NS(=O)(=O)c1ccc(C)s1)oc1ccccc12. The van der Waals surface area contributed by atoms with Gasteiger partial charge in [-0.1, -0.05) is 18.2 Å². The first kappa shape index (κ1) is 16.0. The molecule has 2 heterocycles. The molecule has 128 valence electrons. The summed E-state index contributed by atoms with van der Waals surface area (Å²) in [4.78, 5) is 0.931. The fraction of sp³-hybridized carbons (Fsp3) is 0.111. The van der Waals surface area contributed by atoms with E-state index in [1.165, 1.54) is 18.4 Å². The Hall–Kier alpha value is -2.51. The average molecular weight is 373 g/mol. The van der Waals surface area contributed by atoms with E-state index in [9.17, 15) is 8.42 Å². The number of nitrogens with one attached hydrogen (secondary N) is 1. The maximum atomic E-state index is 12.6. The van der Waals surface area contributed by atoms with Gasteiger partial charge >= 0.3 is 0 Å². The van der Waals surface area contributed by atoms with Gasteiger partial charge in [0, 0.05) is 21.7 Å². The van der Waals surface area contributed by atoms with Crippen LogP contribution in [0.4, 0.5) is 5.69 Å². The van der Waals surface area contributed by atoms with Crippen molar-refractivity contribution in [3.63, 3.8) is 0 Å². The molecule has 0 fully saturated rings. The van der Waals surface area contributed by atoms with Crippen molar-refractivity contribution in [1.29, 1.82) is 0 Å². The number of hydrogen-bond acceptors (Lipinski definition) is 5. The summed E-state index contributed by atoms with van der Waals surface area (Å²) >= 11 is 1.22. The van der Waals surface area contributed by atoms with Crippen LogP contribution < -0.4 is 9.46 Å². The van der Waals surface area contributed by atoms with E-state index in [1.54, 1.807) is 24.3 Å². The lowest BCUT2D eigenvalue weighted by Crippen LogP contribution is -2.12. The van der Waals surface area contributed by atoms with Gasteiger partial charge in [-0.05, 0) is 31.2 Å². The highest BCUT2D eigenvalue weighted by molar-refractivity contribution is 7.94. The number of furan rings is 1. The fourth-order valence-electron chi connectivity index (χ4n) is 2.75. The van der Waals surface area contributed by atoms with Crippen LogP contribution in [-0.4, -0.2) is 15.5 Å². The van der Waals surface area contributed by atoms with Crippen molar-refractivity contribution in [2.45, 2.75) is 11.1 Å². The summed E-state index contributed by atoms with van der Waals surface area (Å²) in [5.74, 6) is 0.441. The van der Waals surface area contributed by atoms with Crippen molar-refractivity contribution >= 4 is 49.0 Å². The Morgan fingerprint density at radius 3 is 2.56 bits per heavy atom. The van der Waals surface area contributed by atoms with E-state index in [-0.39, 0.29) is 4.21 Å². The van der Waals surface area contributed by atoms with E-state index in [4.69, 9.17) is 9.15 Å². The minimum atomic E-state index is -3.68. The lowest BCUT2D eigenvalue weighted by Gasteiger charge is -2.11. The van der Waals surface area contributed by atoms with Gasteiger partial charge in [0.15, 0.2) is 0 Å². The zero-order chi connectivity index (χ0) is 17.6. The smallest absolute Gasteiger partial charge is 0.271 e. The Bertz CT molecular complexity index is 1190. The maximum absolute atomic E-state index is 12.6. The van der Waals surface area contributed by atoms with E-state index in [0.29, 0.717) is 17.0 Å². The van der Waals surface area contributed by atoms with Crippen molar-refractivity contribution in [3.05, 3.63) is 53.4 Å². The second kappa shape index (κ2) is 5.79. The molecule has 0 radical (unpaired) electrons. The number of ether oxygens (including phenoxy) is 1. The Labute approximate surface area is 148 Å². The highest BCUT2D eigenvalue weighted by Crippen LogP contribution is 2.37. The first-order chi connectivity index (χ1) is 12.0. The third kappa shape index (κ3) is 2.75.